The highest BCUT2D eigenvalue weighted by Crippen LogP contribution is 2.46. The molecule has 0 aromatic heterocycles. The molecule has 2 aliphatic rings. The third kappa shape index (κ3) is 3.93. The quantitative estimate of drug-likeness (QED) is 0.794. The molecule has 0 bridgehead atoms. The van der Waals surface area contributed by atoms with E-state index in [9.17, 15) is 4.79 Å². The van der Waals surface area contributed by atoms with Crippen molar-refractivity contribution in [1.82, 2.24) is 5.32 Å². The predicted molar refractivity (Wildman–Crippen MR) is 97.3 cm³/mol. The van der Waals surface area contributed by atoms with Gasteiger partial charge in [0.25, 0.3) is 0 Å². The minimum absolute atomic E-state index is 0.0765. The van der Waals surface area contributed by atoms with E-state index < -0.39 is 0 Å². The average Bonchev–Trinajstić information content (AvgIpc) is 2.60. The molecular formula is C21H31NO2. The zero-order valence-electron chi connectivity index (χ0n) is 15.0. The minimum atomic E-state index is 0.0765. The molecular weight excluding hydrogens is 298 g/mol. The van der Waals surface area contributed by atoms with Gasteiger partial charge in [-0.2, -0.15) is 0 Å². The van der Waals surface area contributed by atoms with Crippen molar-refractivity contribution in [2.75, 3.05) is 13.7 Å². The van der Waals surface area contributed by atoms with E-state index >= 15 is 0 Å². The van der Waals surface area contributed by atoms with Crippen LogP contribution < -0.4 is 10.1 Å². The third-order valence-corrected chi connectivity index (χ3v) is 6.12. The number of nitrogens with one attached hydrogen (secondary N) is 1. The van der Waals surface area contributed by atoms with Crippen molar-refractivity contribution in [3.05, 3.63) is 29.8 Å². The first kappa shape index (κ1) is 17.3. The van der Waals surface area contributed by atoms with Crippen LogP contribution in [0.1, 0.15) is 69.8 Å². The summed E-state index contributed by atoms with van der Waals surface area (Å²) in [5.74, 6) is 1.95. The van der Waals surface area contributed by atoms with Crippen LogP contribution in [0, 0.1) is 5.92 Å². The smallest absolute Gasteiger partial charge is 0.220 e. The summed E-state index contributed by atoms with van der Waals surface area (Å²) < 4.78 is 5.55. The summed E-state index contributed by atoms with van der Waals surface area (Å²) in [5, 5.41) is 3.22. The molecule has 2 fully saturated rings. The van der Waals surface area contributed by atoms with Crippen LogP contribution >= 0.6 is 0 Å². The Labute approximate surface area is 146 Å². The van der Waals surface area contributed by atoms with Gasteiger partial charge < -0.3 is 10.1 Å². The lowest BCUT2D eigenvalue weighted by molar-refractivity contribution is -0.121. The molecule has 0 heterocycles. The number of benzene rings is 1. The second-order valence-electron chi connectivity index (χ2n) is 7.65. The normalized spacial score (nSPS) is 20.2. The van der Waals surface area contributed by atoms with Crippen molar-refractivity contribution in [3.8, 4) is 5.75 Å². The number of carbonyl (C=O) groups excluding carboxylic acids is 1. The maximum atomic E-state index is 12.3. The molecule has 3 rings (SSSR count). The maximum Gasteiger partial charge on any atom is 0.220 e. The van der Waals surface area contributed by atoms with Crippen molar-refractivity contribution in [2.24, 2.45) is 5.92 Å². The van der Waals surface area contributed by atoms with E-state index in [0.29, 0.717) is 6.42 Å². The highest BCUT2D eigenvalue weighted by molar-refractivity contribution is 5.76. The molecule has 0 saturated heterocycles. The van der Waals surface area contributed by atoms with Crippen LogP contribution in [0.5, 0.6) is 5.75 Å². The summed E-state index contributed by atoms with van der Waals surface area (Å²) in [4.78, 5) is 12.3. The zero-order chi connectivity index (χ0) is 16.8. The zero-order valence-corrected chi connectivity index (χ0v) is 15.0. The SMILES string of the molecule is COc1ccccc1C1(CNC(=O)CCC2CCCCC2)CCC1. The number of amides is 1. The van der Waals surface area contributed by atoms with Crippen LogP contribution in [0.4, 0.5) is 0 Å². The summed E-state index contributed by atoms with van der Waals surface area (Å²) in [5.41, 5.74) is 1.33. The van der Waals surface area contributed by atoms with Gasteiger partial charge in [0.2, 0.25) is 5.91 Å². The highest BCUT2D eigenvalue weighted by Gasteiger charge is 2.40. The molecule has 0 spiro atoms. The first-order valence-corrected chi connectivity index (χ1v) is 9.64. The molecule has 0 radical (unpaired) electrons. The molecule has 3 nitrogen and oxygen atoms in total. The number of methoxy groups -OCH3 is 1. The van der Waals surface area contributed by atoms with E-state index in [1.807, 2.05) is 12.1 Å². The molecule has 1 N–H and O–H groups in total. The summed E-state index contributed by atoms with van der Waals surface area (Å²) in [6.45, 7) is 0.747. The topological polar surface area (TPSA) is 38.3 Å². The van der Waals surface area contributed by atoms with Gasteiger partial charge in [-0.1, -0.05) is 56.7 Å². The second kappa shape index (κ2) is 8.04. The standard InChI is InChI=1S/C21H31NO2/c1-24-19-11-6-5-10-18(19)21(14-7-15-21)16-22-20(23)13-12-17-8-3-2-4-9-17/h5-6,10-11,17H,2-4,7-9,12-16H2,1H3,(H,22,23). The van der Waals surface area contributed by atoms with Crippen molar-refractivity contribution >= 4 is 5.91 Å². The molecule has 2 saturated carbocycles. The van der Waals surface area contributed by atoms with Gasteiger partial charge in [0.15, 0.2) is 0 Å². The number of hydrogen-bond acceptors (Lipinski definition) is 2. The molecule has 3 heteroatoms. The van der Waals surface area contributed by atoms with Crippen LogP contribution in [-0.2, 0) is 10.2 Å². The Hall–Kier alpha value is -1.51. The van der Waals surface area contributed by atoms with Gasteiger partial charge in [-0.3, -0.25) is 4.79 Å². The Morgan fingerprint density at radius 2 is 1.92 bits per heavy atom. The highest BCUT2D eigenvalue weighted by atomic mass is 16.5. The van der Waals surface area contributed by atoms with Gasteiger partial charge in [-0.05, 0) is 31.2 Å². The number of ether oxygens (including phenoxy) is 1. The summed E-state index contributed by atoms with van der Waals surface area (Å²) in [6.07, 6.45) is 12.0. The Morgan fingerprint density at radius 3 is 2.58 bits per heavy atom. The molecule has 24 heavy (non-hydrogen) atoms. The summed E-state index contributed by atoms with van der Waals surface area (Å²) >= 11 is 0. The first-order chi connectivity index (χ1) is 11.7. The molecule has 0 aliphatic heterocycles. The van der Waals surface area contributed by atoms with Crippen LogP contribution in [-0.4, -0.2) is 19.6 Å². The van der Waals surface area contributed by atoms with Gasteiger partial charge in [-0.15, -0.1) is 0 Å². The van der Waals surface area contributed by atoms with E-state index in [2.05, 4.69) is 17.4 Å². The van der Waals surface area contributed by atoms with Crippen molar-refractivity contribution in [3.63, 3.8) is 0 Å². The molecule has 2 aliphatic carbocycles. The van der Waals surface area contributed by atoms with E-state index in [1.54, 1.807) is 7.11 Å². The van der Waals surface area contributed by atoms with E-state index in [-0.39, 0.29) is 11.3 Å². The molecule has 1 aromatic rings. The van der Waals surface area contributed by atoms with E-state index in [0.717, 1.165) is 37.5 Å². The fraction of sp³-hybridized carbons (Fsp3) is 0.667. The summed E-state index contributed by atoms with van der Waals surface area (Å²) in [6, 6.07) is 8.27. The monoisotopic (exact) mass is 329 g/mol. The van der Waals surface area contributed by atoms with Crippen LogP contribution in [0.15, 0.2) is 24.3 Å². The fourth-order valence-electron chi connectivity index (χ4n) is 4.39. The Balaban J connectivity index is 1.52. The number of para-hydroxylation sites is 1. The minimum Gasteiger partial charge on any atom is -0.496 e. The van der Waals surface area contributed by atoms with E-state index in [1.165, 1.54) is 44.1 Å². The van der Waals surface area contributed by atoms with Gasteiger partial charge in [-0.25, -0.2) is 0 Å². The lowest BCUT2D eigenvalue weighted by atomic mass is 9.64. The number of rotatable bonds is 7. The largest absolute Gasteiger partial charge is 0.496 e. The lowest BCUT2D eigenvalue weighted by Gasteiger charge is -2.43. The van der Waals surface area contributed by atoms with Gasteiger partial charge in [0, 0.05) is 23.9 Å². The third-order valence-electron chi connectivity index (χ3n) is 6.12. The van der Waals surface area contributed by atoms with E-state index in [4.69, 9.17) is 4.74 Å². The molecule has 132 valence electrons. The molecule has 1 aromatic carbocycles. The first-order valence-electron chi connectivity index (χ1n) is 9.64. The van der Waals surface area contributed by atoms with Crippen LogP contribution in [0.3, 0.4) is 0 Å². The predicted octanol–water partition coefficient (Wildman–Crippen LogP) is 4.59. The number of hydrogen-bond donors (Lipinski definition) is 1. The van der Waals surface area contributed by atoms with Gasteiger partial charge in [0.1, 0.15) is 5.75 Å². The van der Waals surface area contributed by atoms with Gasteiger partial charge in [0.05, 0.1) is 7.11 Å². The Bertz CT molecular complexity index is 545. The van der Waals surface area contributed by atoms with Crippen LogP contribution in [0.25, 0.3) is 0 Å². The Kier molecular flexibility index (Phi) is 5.80. The molecule has 0 unspecified atom stereocenters. The second-order valence-corrected chi connectivity index (χ2v) is 7.65. The Morgan fingerprint density at radius 1 is 1.17 bits per heavy atom. The fourth-order valence-corrected chi connectivity index (χ4v) is 4.39. The lowest BCUT2D eigenvalue weighted by Crippen LogP contribution is -2.45. The number of carbonyl (C=O) groups is 1. The summed E-state index contributed by atoms with van der Waals surface area (Å²) in [7, 11) is 1.73. The molecule has 1 amide bonds. The maximum absolute atomic E-state index is 12.3. The average molecular weight is 329 g/mol. The van der Waals surface area contributed by atoms with Crippen molar-refractivity contribution < 1.29 is 9.53 Å². The van der Waals surface area contributed by atoms with Crippen LogP contribution in [0.2, 0.25) is 0 Å². The van der Waals surface area contributed by atoms with Gasteiger partial charge >= 0.3 is 0 Å². The van der Waals surface area contributed by atoms with Crippen molar-refractivity contribution in [2.45, 2.75) is 69.6 Å². The van der Waals surface area contributed by atoms with Crippen molar-refractivity contribution in [1.29, 1.82) is 0 Å². The molecule has 0 atom stereocenters.